The zero-order chi connectivity index (χ0) is 30.7. The third-order valence-electron chi connectivity index (χ3n) is 8.71. The molecule has 230 valence electrons. The normalized spacial score (nSPS) is 29.5. The molecule has 0 bridgehead atoms. The van der Waals surface area contributed by atoms with Gasteiger partial charge in [-0.1, -0.05) is 18.2 Å². The van der Waals surface area contributed by atoms with Gasteiger partial charge in [-0.25, -0.2) is 17.6 Å². The van der Waals surface area contributed by atoms with Gasteiger partial charge >= 0.3 is 12.1 Å². The highest BCUT2D eigenvalue weighted by molar-refractivity contribution is 7.91. The predicted octanol–water partition coefficient (Wildman–Crippen LogP) is 0.622. The van der Waals surface area contributed by atoms with Crippen LogP contribution in [0.2, 0.25) is 0 Å². The number of halogens is 1. The molecule has 1 aromatic rings. The van der Waals surface area contributed by atoms with Gasteiger partial charge in [0.1, 0.15) is 23.5 Å². The lowest BCUT2D eigenvalue weighted by atomic mass is 10.1. The Morgan fingerprint density at radius 3 is 2.56 bits per heavy atom. The zero-order valence-corrected chi connectivity index (χ0v) is 23.9. The Morgan fingerprint density at radius 2 is 1.93 bits per heavy atom. The van der Waals surface area contributed by atoms with Gasteiger partial charge in [0.25, 0.3) is 11.8 Å². The monoisotopic (exact) mass is 618 g/mol. The van der Waals surface area contributed by atoms with Crippen molar-refractivity contribution in [2.45, 2.75) is 80.7 Å². The summed E-state index contributed by atoms with van der Waals surface area (Å²) in [7, 11) is -3.89. The van der Waals surface area contributed by atoms with Crippen molar-refractivity contribution in [3.63, 3.8) is 0 Å². The Balaban J connectivity index is 1.17. The molecule has 4 amide bonds. The maximum Gasteiger partial charge on any atom is 0.410 e. The topological polar surface area (TPSA) is 168 Å². The van der Waals surface area contributed by atoms with Crippen LogP contribution in [0.15, 0.2) is 30.9 Å². The molecule has 0 unspecified atom stereocenters. The van der Waals surface area contributed by atoms with Gasteiger partial charge in [-0.2, -0.15) is 0 Å². The second-order valence-corrected chi connectivity index (χ2v) is 13.6. The van der Waals surface area contributed by atoms with Crippen LogP contribution in [0.5, 0.6) is 0 Å². The van der Waals surface area contributed by atoms with Crippen molar-refractivity contribution in [3.8, 4) is 0 Å². The van der Waals surface area contributed by atoms with Crippen LogP contribution in [-0.2, 0) is 51.8 Å². The van der Waals surface area contributed by atoms with Crippen molar-refractivity contribution in [2.75, 3.05) is 6.54 Å². The van der Waals surface area contributed by atoms with E-state index >= 15 is 0 Å². The number of carbonyl (C=O) groups excluding carboxylic acids is 5. The highest BCUT2D eigenvalue weighted by Crippen LogP contribution is 2.45. The van der Waals surface area contributed by atoms with Crippen LogP contribution < -0.4 is 10.0 Å². The summed E-state index contributed by atoms with van der Waals surface area (Å²) in [6, 6.07) is 3.35. The first-order valence-electron chi connectivity index (χ1n) is 14.1. The Morgan fingerprint density at radius 1 is 1.16 bits per heavy atom. The Kier molecular flexibility index (Phi) is 7.18. The van der Waals surface area contributed by atoms with Crippen molar-refractivity contribution in [1.29, 1.82) is 0 Å². The molecular weight excluding hydrogens is 587 g/mol. The average Bonchev–Trinajstić information content (AvgIpc) is 3.78. The first-order chi connectivity index (χ1) is 20.4. The van der Waals surface area contributed by atoms with Crippen LogP contribution in [0, 0.1) is 11.7 Å². The number of sulfonamides is 1. The lowest BCUT2D eigenvalue weighted by Crippen LogP contribution is -2.57. The quantitative estimate of drug-likeness (QED) is 0.313. The molecule has 2 N–H and O–H groups in total. The van der Waals surface area contributed by atoms with Crippen LogP contribution in [-0.4, -0.2) is 83.6 Å². The molecule has 5 atom stereocenters. The SMILES string of the molecule is C=C[C@@H]1C[C@]1(NC(=O)[C@@H]1C[C@@H](OC(=O)N2Cc3cccc(F)c3C2)CN1C(=O)[C@H]1CCC(=O)O1)C(=O)NS(=O)(=O)C1CC1. The summed E-state index contributed by atoms with van der Waals surface area (Å²) in [6.45, 7) is 3.62. The molecule has 3 aliphatic heterocycles. The smallest absolute Gasteiger partial charge is 0.410 e. The lowest BCUT2D eigenvalue weighted by molar-refractivity contribution is -0.154. The summed E-state index contributed by atoms with van der Waals surface area (Å²) in [6.07, 6.45) is -0.345. The molecule has 1 aromatic carbocycles. The van der Waals surface area contributed by atoms with Gasteiger partial charge in [0.05, 0.1) is 18.3 Å². The number of nitrogens with one attached hydrogen (secondary N) is 2. The summed E-state index contributed by atoms with van der Waals surface area (Å²) < 4.78 is 51.9. The van der Waals surface area contributed by atoms with E-state index in [-0.39, 0.29) is 45.3 Å². The maximum atomic E-state index is 14.2. The Hall–Kier alpha value is -4.01. The summed E-state index contributed by atoms with van der Waals surface area (Å²) in [5, 5.41) is 1.99. The van der Waals surface area contributed by atoms with E-state index in [0.717, 1.165) is 4.90 Å². The van der Waals surface area contributed by atoms with E-state index < -0.39 is 80.6 Å². The summed E-state index contributed by atoms with van der Waals surface area (Å²) >= 11 is 0. The molecule has 0 spiro atoms. The number of carbonyl (C=O) groups is 5. The molecule has 0 radical (unpaired) electrons. The van der Waals surface area contributed by atoms with Crippen LogP contribution in [0.4, 0.5) is 9.18 Å². The second-order valence-electron chi connectivity index (χ2n) is 11.7. The van der Waals surface area contributed by atoms with E-state index in [9.17, 15) is 36.8 Å². The molecule has 2 saturated heterocycles. The largest absolute Gasteiger partial charge is 0.452 e. The number of hydrogen-bond acceptors (Lipinski definition) is 9. The molecule has 0 aromatic heterocycles. The van der Waals surface area contributed by atoms with E-state index in [1.54, 1.807) is 12.1 Å². The minimum Gasteiger partial charge on any atom is -0.452 e. The number of esters is 1. The Labute approximate surface area is 246 Å². The molecule has 4 fully saturated rings. The summed E-state index contributed by atoms with van der Waals surface area (Å²) in [5.74, 6) is -3.82. The standard InChI is InChI=1S/C28H31FN4O9S/c1-2-16-11-28(16,26(37)31-43(39,40)18-6-7-18)30-24(35)21-10-17(13-33(21)25(36)22-8-9-23(34)42-22)41-27(38)32-12-15-4-3-5-20(29)19(15)14-32/h2-5,16-18,21-22H,1,6-14H2,(H,30,35)(H,31,37)/t16-,17-,21+,22-,28-/m1/s1. The molecule has 2 saturated carbocycles. The number of benzene rings is 1. The molecule has 43 heavy (non-hydrogen) atoms. The van der Waals surface area contributed by atoms with Gasteiger partial charge < -0.3 is 19.7 Å². The first kappa shape index (κ1) is 29.1. The fourth-order valence-electron chi connectivity index (χ4n) is 6.01. The van der Waals surface area contributed by atoms with E-state index in [0.29, 0.717) is 24.0 Å². The fourth-order valence-corrected chi connectivity index (χ4v) is 7.37. The third kappa shape index (κ3) is 5.45. The van der Waals surface area contributed by atoms with Crippen LogP contribution >= 0.6 is 0 Å². The molecule has 3 heterocycles. The number of cyclic esters (lactones) is 1. The van der Waals surface area contributed by atoms with Crippen molar-refractivity contribution >= 4 is 39.8 Å². The number of rotatable bonds is 8. The second kappa shape index (κ2) is 10.6. The number of ether oxygens (including phenoxy) is 2. The van der Waals surface area contributed by atoms with Crippen molar-refractivity contribution in [3.05, 3.63) is 47.8 Å². The van der Waals surface area contributed by atoms with E-state index in [2.05, 4.69) is 16.6 Å². The maximum absolute atomic E-state index is 14.2. The predicted molar refractivity (Wildman–Crippen MR) is 144 cm³/mol. The van der Waals surface area contributed by atoms with Crippen LogP contribution in [0.1, 0.15) is 49.7 Å². The molecule has 2 aliphatic carbocycles. The number of fused-ring (bicyclic) bond motifs is 1. The van der Waals surface area contributed by atoms with Gasteiger partial charge in [-0.05, 0) is 30.9 Å². The molecular formula is C28H31FN4O9S. The zero-order valence-electron chi connectivity index (χ0n) is 23.1. The van der Waals surface area contributed by atoms with Gasteiger partial charge in [0.2, 0.25) is 15.9 Å². The molecule has 13 nitrogen and oxygen atoms in total. The number of hydrogen-bond donors (Lipinski definition) is 2. The highest BCUT2D eigenvalue weighted by atomic mass is 32.2. The third-order valence-corrected chi connectivity index (χ3v) is 10.5. The fraction of sp³-hybridized carbons (Fsp3) is 0.536. The number of likely N-dealkylation sites (tertiary alicyclic amines) is 1. The Bertz CT molecular complexity index is 1530. The summed E-state index contributed by atoms with van der Waals surface area (Å²) in [5.41, 5.74) is -0.541. The van der Waals surface area contributed by atoms with E-state index in [4.69, 9.17) is 9.47 Å². The van der Waals surface area contributed by atoms with E-state index in [1.165, 1.54) is 17.0 Å². The van der Waals surface area contributed by atoms with Crippen LogP contribution in [0.3, 0.4) is 0 Å². The van der Waals surface area contributed by atoms with Crippen molar-refractivity contribution < 1.29 is 46.3 Å². The van der Waals surface area contributed by atoms with Gasteiger partial charge in [0, 0.05) is 37.3 Å². The van der Waals surface area contributed by atoms with Crippen molar-refractivity contribution in [2.24, 2.45) is 5.92 Å². The first-order valence-corrected chi connectivity index (χ1v) is 15.7. The highest BCUT2D eigenvalue weighted by Gasteiger charge is 2.62. The molecule has 5 aliphatic rings. The lowest BCUT2D eigenvalue weighted by Gasteiger charge is -2.27. The van der Waals surface area contributed by atoms with Gasteiger partial charge in [-0.3, -0.25) is 28.8 Å². The average molecular weight is 619 g/mol. The van der Waals surface area contributed by atoms with Crippen molar-refractivity contribution in [1.82, 2.24) is 19.8 Å². The molecule has 6 rings (SSSR count). The minimum atomic E-state index is -3.89. The van der Waals surface area contributed by atoms with E-state index in [1.807, 2.05) is 0 Å². The molecule has 15 heteroatoms. The number of nitrogens with zero attached hydrogens (tertiary/aromatic N) is 2. The number of amides is 4. The minimum absolute atomic E-state index is 0.00246. The van der Waals surface area contributed by atoms with Crippen LogP contribution in [0.25, 0.3) is 0 Å². The van der Waals surface area contributed by atoms with Gasteiger partial charge in [0.15, 0.2) is 6.10 Å². The van der Waals surface area contributed by atoms with Gasteiger partial charge in [-0.15, -0.1) is 6.58 Å². The summed E-state index contributed by atoms with van der Waals surface area (Å²) in [4.78, 5) is 67.4.